The van der Waals surface area contributed by atoms with Gasteiger partial charge in [0, 0.05) is 5.39 Å². The first kappa shape index (κ1) is 19.5. The number of methoxy groups -OCH3 is 2. The van der Waals surface area contributed by atoms with E-state index in [-0.39, 0.29) is 5.82 Å². The highest BCUT2D eigenvalue weighted by molar-refractivity contribution is 6.66. The summed E-state index contributed by atoms with van der Waals surface area (Å²) in [6.07, 6.45) is 1.62. The van der Waals surface area contributed by atoms with E-state index in [1.54, 1.807) is 38.6 Å². The van der Waals surface area contributed by atoms with Crippen molar-refractivity contribution < 1.29 is 9.47 Å². The Kier molecular flexibility index (Phi) is 5.89. The third kappa shape index (κ3) is 4.53. The van der Waals surface area contributed by atoms with Crippen molar-refractivity contribution in [2.45, 2.75) is 3.79 Å². The number of nitrogens with one attached hydrogen (secondary N) is 1. The second kappa shape index (κ2) is 8.17. The van der Waals surface area contributed by atoms with Crippen LogP contribution in [-0.4, -0.2) is 30.4 Å². The van der Waals surface area contributed by atoms with E-state index in [9.17, 15) is 0 Å². The predicted octanol–water partition coefficient (Wildman–Crippen LogP) is 4.92. The second-order valence-corrected chi connectivity index (χ2v) is 7.68. The molecule has 2 aromatic carbocycles. The lowest BCUT2D eigenvalue weighted by Gasteiger charge is -2.12. The van der Waals surface area contributed by atoms with E-state index in [2.05, 4.69) is 20.5 Å². The van der Waals surface area contributed by atoms with Crippen LogP contribution in [0.3, 0.4) is 0 Å². The van der Waals surface area contributed by atoms with E-state index < -0.39 is 3.79 Å². The number of hydrogen-bond acceptors (Lipinski definition) is 6. The van der Waals surface area contributed by atoms with Gasteiger partial charge >= 0.3 is 0 Å². The number of hydrogen-bond donors (Lipinski definition) is 1. The van der Waals surface area contributed by atoms with Gasteiger partial charge in [0.2, 0.25) is 3.79 Å². The van der Waals surface area contributed by atoms with Crippen LogP contribution >= 0.6 is 34.8 Å². The summed E-state index contributed by atoms with van der Waals surface area (Å²) in [4.78, 5) is 8.57. The number of ether oxygens (including phenoxy) is 2. The highest BCUT2D eigenvalue weighted by Gasteiger charge is 2.28. The fourth-order valence-corrected chi connectivity index (χ4v) is 2.64. The van der Waals surface area contributed by atoms with Gasteiger partial charge < -0.3 is 9.47 Å². The van der Waals surface area contributed by atoms with Crippen LogP contribution in [0.5, 0.6) is 11.5 Å². The van der Waals surface area contributed by atoms with Crippen LogP contribution in [0.2, 0.25) is 0 Å². The number of rotatable bonds is 5. The minimum absolute atomic E-state index is 0.0648. The number of anilines is 1. The van der Waals surface area contributed by atoms with Gasteiger partial charge in [0.05, 0.1) is 26.0 Å². The van der Waals surface area contributed by atoms with Gasteiger partial charge in [-0.25, -0.2) is 9.97 Å². The molecule has 27 heavy (non-hydrogen) atoms. The van der Waals surface area contributed by atoms with Gasteiger partial charge in [0.1, 0.15) is 0 Å². The zero-order valence-corrected chi connectivity index (χ0v) is 16.7. The fourth-order valence-electron chi connectivity index (χ4n) is 2.39. The zero-order valence-electron chi connectivity index (χ0n) is 14.4. The third-order valence-electron chi connectivity index (χ3n) is 3.65. The molecular weight excluding hydrogens is 411 g/mol. The molecule has 9 heteroatoms. The normalized spacial score (nSPS) is 11.7. The zero-order chi connectivity index (χ0) is 19.4. The molecule has 0 atom stereocenters. The largest absolute Gasteiger partial charge is 0.493 e. The van der Waals surface area contributed by atoms with E-state index in [4.69, 9.17) is 44.3 Å². The Bertz CT molecular complexity index is 990. The van der Waals surface area contributed by atoms with Crippen molar-refractivity contribution in [1.29, 1.82) is 0 Å². The van der Waals surface area contributed by atoms with Crippen LogP contribution in [0.15, 0.2) is 47.6 Å². The molecule has 0 aliphatic heterocycles. The van der Waals surface area contributed by atoms with Crippen molar-refractivity contribution in [3.8, 4) is 11.5 Å². The quantitative estimate of drug-likeness (QED) is 0.357. The topological polar surface area (TPSA) is 68.6 Å². The molecule has 1 N–H and O–H groups in total. The van der Waals surface area contributed by atoms with Gasteiger partial charge in [-0.2, -0.15) is 5.10 Å². The molecule has 0 fully saturated rings. The summed E-state index contributed by atoms with van der Waals surface area (Å²) in [7, 11) is 3.15. The Labute approximate surface area is 171 Å². The Balaban J connectivity index is 1.91. The minimum Gasteiger partial charge on any atom is -0.493 e. The Morgan fingerprint density at radius 2 is 1.74 bits per heavy atom. The van der Waals surface area contributed by atoms with Gasteiger partial charge in [0.25, 0.3) is 0 Å². The number of hydrazone groups is 1. The second-order valence-electron chi connectivity index (χ2n) is 5.40. The molecule has 0 saturated carbocycles. The van der Waals surface area contributed by atoms with Crippen molar-refractivity contribution in [2.75, 3.05) is 19.6 Å². The first-order chi connectivity index (χ1) is 12.9. The van der Waals surface area contributed by atoms with E-state index in [0.29, 0.717) is 22.8 Å². The summed E-state index contributed by atoms with van der Waals surface area (Å²) in [5.74, 6) is 1.73. The van der Waals surface area contributed by atoms with Crippen LogP contribution in [0.1, 0.15) is 11.4 Å². The average Bonchev–Trinajstić information content (AvgIpc) is 2.66. The Morgan fingerprint density at radius 1 is 1.00 bits per heavy atom. The average molecular weight is 426 g/mol. The first-order valence-electron chi connectivity index (χ1n) is 7.77. The fraction of sp³-hybridized carbons (Fsp3) is 0.167. The summed E-state index contributed by atoms with van der Waals surface area (Å²) >= 11 is 17.8. The molecule has 0 radical (unpaired) electrons. The number of alkyl halides is 3. The molecule has 0 amide bonds. The molecule has 0 unspecified atom stereocenters. The van der Waals surface area contributed by atoms with Gasteiger partial charge in [-0.1, -0.05) is 46.9 Å². The van der Waals surface area contributed by atoms with Crippen molar-refractivity contribution >= 4 is 57.7 Å². The SMILES string of the molecule is COc1ccc(/C=N/Nc2nc(C(Cl)(Cl)Cl)nc3ccccc23)cc1OC. The maximum atomic E-state index is 5.94. The molecule has 0 saturated heterocycles. The molecule has 0 bridgehead atoms. The maximum absolute atomic E-state index is 5.94. The monoisotopic (exact) mass is 424 g/mol. The summed E-state index contributed by atoms with van der Waals surface area (Å²) < 4.78 is 8.76. The van der Waals surface area contributed by atoms with Gasteiger partial charge in [-0.3, -0.25) is 5.43 Å². The molecule has 6 nitrogen and oxygen atoms in total. The van der Waals surface area contributed by atoms with Crippen LogP contribution in [0.25, 0.3) is 10.9 Å². The highest BCUT2D eigenvalue weighted by atomic mass is 35.6. The molecule has 1 heterocycles. The van der Waals surface area contributed by atoms with Crippen molar-refractivity contribution in [1.82, 2.24) is 9.97 Å². The molecular formula is C18H15Cl3N4O2. The third-order valence-corrected chi connectivity index (χ3v) is 4.16. The molecule has 3 aromatic rings. The molecule has 0 spiro atoms. The lowest BCUT2D eigenvalue weighted by molar-refractivity contribution is 0.355. The molecule has 3 rings (SSSR count). The number of halogens is 3. The molecule has 0 aliphatic rings. The lowest BCUT2D eigenvalue weighted by atomic mass is 10.2. The summed E-state index contributed by atoms with van der Waals surface area (Å²) in [5, 5.41) is 4.98. The summed E-state index contributed by atoms with van der Waals surface area (Å²) in [6.45, 7) is 0. The maximum Gasteiger partial charge on any atom is 0.250 e. The molecule has 0 aliphatic carbocycles. The summed E-state index contributed by atoms with van der Waals surface area (Å²) in [6, 6.07) is 12.8. The first-order valence-corrected chi connectivity index (χ1v) is 8.91. The minimum atomic E-state index is -1.74. The van der Waals surface area contributed by atoms with Gasteiger partial charge in [0.15, 0.2) is 23.1 Å². The molecule has 1 aromatic heterocycles. The van der Waals surface area contributed by atoms with Crippen LogP contribution < -0.4 is 14.9 Å². The number of fused-ring (bicyclic) bond motifs is 1. The number of para-hydroxylation sites is 1. The van der Waals surface area contributed by atoms with Crippen molar-refractivity contribution in [3.63, 3.8) is 0 Å². The van der Waals surface area contributed by atoms with E-state index >= 15 is 0 Å². The van der Waals surface area contributed by atoms with Crippen molar-refractivity contribution in [3.05, 3.63) is 53.9 Å². The predicted molar refractivity (Wildman–Crippen MR) is 110 cm³/mol. The van der Waals surface area contributed by atoms with Crippen molar-refractivity contribution in [2.24, 2.45) is 5.10 Å². The smallest absolute Gasteiger partial charge is 0.250 e. The number of nitrogens with zero attached hydrogens (tertiary/aromatic N) is 3. The lowest BCUT2D eigenvalue weighted by Crippen LogP contribution is -2.09. The Morgan fingerprint density at radius 3 is 2.44 bits per heavy atom. The molecule has 140 valence electrons. The van der Waals surface area contributed by atoms with Crippen LogP contribution in [0.4, 0.5) is 5.82 Å². The van der Waals surface area contributed by atoms with E-state index in [1.807, 2.05) is 24.3 Å². The number of benzene rings is 2. The van der Waals surface area contributed by atoms with E-state index in [1.165, 1.54) is 0 Å². The van der Waals surface area contributed by atoms with Crippen LogP contribution in [-0.2, 0) is 3.79 Å². The van der Waals surface area contributed by atoms with Gasteiger partial charge in [-0.05, 0) is 35.9 Å². The summed E-state index contributed by atoms with van der Waals surface area (Å²) in [5.41, 5.74) is 4.33. The van der Waals surface area contributed by atoms with Gasteiger partial charge in [-0.15, -0.1) is 0 Å². The number of aromatic nitrogens is 2. The van der Waals surface area contributed by atoms with Crippen LogP contribution in [0, 0.1) is 0 Å². The standard InChI is InChI=1S/C18H15Cl3N4O2/c1-26-14-8-7-11(9-15(14)27-2)10-22-25-16-12-5-3-4-6-13(12)23-17(24-16)18(19,20)21/h3-10H,1-2H3,(H,23,24,25)/b22-10+. The highest BCUT2D eigenvalue weighted by Crippen LogP contribution is 2.37. The Hall–Kier alpha value is -2.28. The van der Waals surface area contributed by atoms with E-state index in [0.717, 1.165) is 10.9 Å².